The lowest BCUT2D eigenvalue weighted by molar-refractivity contribution is 0.251. The molecule has 2 N–H and O–H groups in total. The minimum atomic E-state index is -0.165. The molecule has 0 saturated carbocycles. The summed E-state index contributed by atoms with van der Waals surface area (Å²) < 4.78 is 0. The maximum Gasteiger partial charge on any atom is 0.319 e. The first-order valence-corrected chi connectivity index (χ1v) is 6.86. The molecule has 0 unspecified atom stereocenters. The first-order valence-electron chi connectivity index (χ1n) is 6.86. The van der Waals surface area contributed by atoms with Crippen molar-refractivity contribution in [1.82, 2.24) is 5.32 Å². The molecule has 2 aromatic rings. The molecule has 2 rings (SSSR count). The van der Waals surface area contributed by atoms with E-state index in [0.717, 1.165) is 16.8 Å². The van der Waals surface area contributed by atoms with Gasteiger partial charge in [-0.2, -0.15) is 0 Å². The molecular formula is C17H20N2O. The van der Waals surface area contributed by atoms with Crippen LogP contribution < -0.4 is 10.6 Å². The number of amides is 2. The highest BCUT2D eigenvalue weighted by atomic mass is 16.2. The van der Waals surface area contributed by atoms with Gasteiger partial charge in [-0.25, -0.2) is 4.79 Å². The Balaban J connectivity index is 2.15. The minimum absolute atomic E-state index is 0.165. The van der Waals surface area contributed by atoms with E-state index in [-0.39, 0.29) is 6.03 Å². The van der Waals surface area contributed by atoms with Gasteiger partial charge < -0.3 is 10.6 Å². The standard InChI is InChI=1S/C17H20N2O/c1-13(2)12-18-17(20)19-16-11-7-6-10-15(16)14-8-4-3-5-9-14/h3-11,13H,12H2,1-2H3,(H2,18,19,20). The maximum atomic E-state index is 11.9. The summed E-state index contributed by atoms with van der Waals surface area (Å²) in [6, 6.07) is 17.7. The van der Waals surface area contributed by atoms with Gasteiger partial charge in [0.2, 0.25) is 0 Å². The van der Waals surface area contributed by atoms with Crippen LogP contribution in [0, 0.1) is 5.92 Å². The van der Waals surface area contributed by atoms with Gasteiger partial charge in [0.1, 0.15) is 0 Å². The fourth-order valence-corrected chi connectivity index (χ4v) is 1.92. The fraction of sp³-hybridized carbons (Fsp3) is 0.235. The Morgan fingerprint density at radius 1 is 1.00 bits per heavy atom. The largest absolute Gasteiger partial charge is 0.338 e. The van der Waals surface area contributed by atoms with Gasteiger partial charge in [-0.05, 0) is 17.5 Å². The highest BCUT2D eigenvalue weighted by Gasteiger charge is 2.07. The van der Waals surface area contributed by atoms with Crippen LogP contribution in [-0.4, -0.2) is 12.6 Å². The van der Waals surface area contributed by atoms with Crippen LogP contribution in [0.3, 0.4) is 0 Å². The summed E-state index contributed by atoms with van der Waals surface area (Å²) >= 11 is 0. The molecule has 20 heavy (non-hydrogen) atoms. The quantitative estimate of drug-likeness (QED) is 0.860. The zero-order valence-corrected chi connectivity index (χ0v) is 11.9. The summed E-state index contributed by atoms with van der Waals surface area (Å²) in [5, 5.41) is 5.77. The minimum Gasteiger partial charge on any atom is -0.338 e. The van der Waals surface area contributed by atoms with E-state index < -0.39 is 0 Å². The van der Waals surface area contributed by atoms with Gasteiger partial charge in [0.05, 0.1) is 5.69 Å². The Morgan fingerprint density at radius 3 is 2.35 bits per heavy atom. The van der Waals surface area contributed by atoms with E-state index >= 15 is 0 Å². The van der Waals surface area contributed by atoms with Crippen LogP contribution in [0.1, 0.15) is 13.8 Å². The van der Waals surface area contributed by atoms with Gasteiger partial charge in [0.25, 0.3) is 0 Å². The SMILES string of the molecule is CC(C)CNC(=O)Nc1ccccc1-c1ccccc1. The Hall–Kier alpha value is -2.29. The van der Waals surface area contributed by atoms with E-state index in [2.05, 4.69) is 24.5 Å². The van der Waals surface area contributed by atoms with Crippen molar-refractivity contribution in [2.75, 3.05) is 11.9 Å². The molecule has 0 aromatic heterocycles. The lowest BCUT2D eigenvalue weighted by atomic mass is 10.0. The predicted molar refractivity (Wildman–Crippen MR) is 83.7 cm³/mol. The first kappa shape index (κ1) is 14.1. The number of para-hydroxylation sites is 1. The van der Waals surface area contributed by atoms with Crippen LogP contribution in [0.5, 0.6) is 0 Å². The summed E-state index contributed by atoms with van der Waals surface area (Å²) in [6.45, 7) is 4.80. The molecule has 104 valence electrons. The van der Waals surface area contributed by atoms with Gasteiger partial charge in [0, 0.05) is 12.1 Å². The van der Waals surface area contributed by atoms with Crippen LogP contribution in [0.25, 0.3) is 11.1 Å². The van der Waals surface area contributed by atoms with Gasteiger partial charge in [-0.15, -0.1) is 0 Å². The van der Waals surface area contributed by atoms with Crippen molar-refractivity contribution in [2.24, 2.45) is 5.92 Å². The lowest BCUT2D eigenvalue weighted by Crippen LogP contribution is -2.31. The third-order valence-electron chi connectivity index (χ3n) is 2.93. The molecular weight excluding hydrogens is 248 g/mol. The smallest absolute Gasteiger partial charge is 0.319 e. The number of anilines is 1. The zero-order chi connectivity index (χ0) is 14.4. The van der Waals surface area contributed by atoms with Crippen LogP contribution in [0.2, 0.25) is 0 Å². The summed E-state index contributed by atoms with van der Waals surface area (Å²) in [7, 11) is 0. The molecule has 0 spiro atoms. The summed E-state index contributed by atoms with van der Waals surface area (Å²) in [5.41, 5.74) is 2.93. The van der Waals surface area contributed by atoms with Crippen LogP contribution in [0.4, 0.5) is 10.5 Å². The average Bonchev–Trinajstić information content (AvgIpc) is 2.47. The Labute approximate surface area is 120 Å². The number of carbonyl (C=O) groups excluding carboxylic acids is 1. The molecule has 0 aliphatic heterocycles. The van der Waals surface area contributed by atoms with Crippen molar-refractivity contribution in [3.05, 3.63) is 54.6 Å². The Kier molecular flexibility index (Phi) is 4.77. The lowest BCUT2D eigenvalue weighted by Gasteiger charge is -2.13. The second-order valence-electron chi connectivity index (χ2n) is 5.14. The number of hydrogen-bond acceptors (Lipinski definition) is 1. The Morgan fingerprint density at radius 2 is 1.65 bits per heavy atom. The predicted octanol–water partition coefficient (Wildman–Crippen LogP) is 4.13. The van der Waals surface area contributed by atoms with Crippen LogP contribution in [-0.2, 0) is 0 Å². The number of benzene rings is 2. The number of nitrogens with one attached hydrogen (secondary N) is 2. The van der Waals surface area contributed by atoms with Crippen molar-refractivity contribution in [3.63, 3.8) is 0 Å². The molecule has 0 aliphatic rings. The van der Waals surface area contributed by atoms with Crippen LogP contribution in [0.15, 0.2) is 54.6 Å². The van der Waals surface area contributed by atoms with Gasteiger partial charge >= 0.3 is 6.03 Å². The number of urea groups is 1. The number of hydrogen-bond donors (Lipinski definition) is 2. The molecule has 0 heterocycles. The molecule has 0 bridgehead atoms. The second-order valence-corrected chi connectivity index (χ2v) is 5.14. The van der Waals surface area contributed by atoms with Crippen molar-refractivity contribution < 1.29 is 4.79 Å². The molecule has 0 saturated heterocycles. The van der Waals surface area contributed by atoms with Crippen molar-refractivity contribution in [1.29, 1.82) is 0 Å². The van der Waals surface area contributed by atoms with Crippen molar-refractivity contribution in [2.45, 2.75) is 13.8 Å². The fourth-order valence-electron chi connectivity index (χ4n) is 1.92. The van der Waals surface area contributed by atoms with E-state index in [1.807, 2.05) is 54.6 Å². The second kappa shape index (κ2) is 6.75. The molecule has 3 nitrogen and oxygen atoms in total. The highest BCUT2D eigenvalue weighted by Crippen LogP contribution is 2.27. The third kappa shape index (κ3) is 3.85. The summed E-state index contributed by atoms with van der Waals surface area (Å²) in [6.07, 6.45) is 0. The van der Waals surface area contributed by atoms with Gasteiger partial charge in [-0.3, -0.25) is 0 Å². The normalized spacial score (nSPS) is 10.3. The van der Waals surface area contributed by atoms with E-state index in [4.69, 9.17) is 0 Å². The molecule has 0 atom stereocenters. The molecule has 0 fully saturated rings. The average molecular weight is 268 g/mol. The van der Waals surface area contributed by atoms with Crippen molar-refractivity contribution >= 4 is 11.7 Å². The monoisotopic (exact) mass is 268 g/mol. The first-order chi connectivity index (χ1) is 9.66. The van der Waals surface area contributed by atoms with Gasteiger partial charge in [-0.1, -0.05) is 62.4 Å². The third-order valence-corrected chi connectivity index (χ3v) is 2.93. The zero-order valence-electron chi connectivity index (χ0n) is 11.9. The molecule has 3 heteroatoms. The van der Waals surface area contributed by atoms with Gasteiger partial charge in [0.15, 0.2) is 0 Å². The summed E-state index contributed by atoms with van der Waals surface area (Å²) in [5.74, 6) is 0.435. The van der Waals surface area contributed by atoms with Crippen LogP contribution >= 0.6 is 0 Å². The highest BCUT2D eigenvalue weighted by molar-refractivity contribution is 5.94. The summed E-state index contributed by atoms with van der Waals surface area (Å²) in [4.78, 5) is 11.9. The molecule has 2 aromatic carbocycles. The molecule has 2 amide bonds. The Bertz CT molecular complexity index is 564. The topological polar surface area (TPSA) is 41.1 Å². The van der Waals surface area contributed by atoms with Crippen molar-refractivity contribution in [3.8, 4) is 11.1 Å². The molecule has 0 radical (unpaired) electrons. The van der Waals surface area contributed by atoms with E-state index in [9.17, 15) is 4.79 Å². The molecule has 0 aliphatic carbocycles. The van der Waals surface area contributed by atoms with E-state index in [1.54, 1.807) is 0 Å². The van der Waals surface area contributed by atoms with E-state index in [0.29, 0.717) is 12.5 Å². The van der Waals surface area contributed by atoms with E-state index in [1.165, 1.54) is 0 Å². The maximum absolute atomic E-state index is 11.9. The number of rotatable bonds is 4. The number of carbonyl (C=O) groups is 1.